The molecule has 0 saturated carbocycles. The molecule has 0 saturated heterocycles. The highest BCUT2D eigenvalue weighted by atomic mass is 19.1. The molecule has 0 aliphatic heterocycles. The average molecular weight is 253 g/mol. The number of hydrogen-bond donors (Lipinski definition) is 3. The van der Waals surface area contributed by atoms with Gasteiger partial charge in [-0.3, -0.25) is 4.79 Å². The third kappa shape index (κ3) is 3.73. The predicted octanol–water partition coefficient (Wildman–Crippen LogP) is 1.47. The number of amides is 1. The van der Waals surface area contributed by atoms with Gasteiger partial charge in [-0.15, -0.1) is 0 Å². The van der Waals surface area contributed by atoms with E-state index in [1.807, 2.05) is 6.92 Å². The lowest BCUT2D eigenvalue weighted by atomic mass is 10.1. The van der Waals surface area contributed by atoms with E-state index in [4.69, 9.17) is 10.9 Å². The van der Waals surface area contributed by atoms with Gasteiger partial charge in [0, 0.05) is 5.56 Å². The highest BCUT2D eigenvalue weighted by Crippen LogP contribution is 2.04. The Morgan fingerprint density at radius 2 is 2.11 bits per heavy atom. The molecule has 0 aliphatic carbocycles. The van der Waals surface area contributed by atoms with Crippen LogP contribution in [0.4, 0.5) is 4.39 Å². The molecule has 0 spiro atoms. The van der Waals surface area contributed by atoms with Gasteiger partial charge in [-0.2, -0.15) is 0 Å². The van der Waals surface area contributed by atoms with Crippen molar-refractivity contribution in [1.82, 2.24) is 5.32 Å². The molecule has 0 aliphatic rings. The zero-order chi connectivity index (χ0) is 13.5. The molecule has 18 heavy (non-hydrogen) atoms. The zero-order valence-electron chi connectivity index (χ0n) is 10.1. The van der Waals surface area contributed by atoms with E-state index in [2.05, 4.69) is 10.5 Å². The van der Waals surface area contributed by atoms with Crippen LogP contribution in [0.25, 0.3) is 0 Å². The number of benzene rings is 1. The summed E-state index contributed by atoms with van der Waals surface area (Å²) in [6, 6.07) is 4.62. The quantitative estimate of drug-likeness (QED) is 0.321. The summed E-state index contributed by atoms with van der Waals surface area (Å²) >= 11 is 0. The van der Waals surface area contributed by atoms with Gasteiger partial charge in [0.05, 0.1) is 6.04 Å². The van der Waals surface area contributed by atoms with Crippen LogP contribution in [-0.2, 0) is 0 Å². The number of nitrogens with two attached hydrogens (primary N) is 1. The number of carbonyl (C=O) groups excluding carboxylic acids is 1. The van der Waals surface area contributed by atoms with Gasteiger partial charge in [0.2, 0.25) is 0 Å². The molecule has 4 N–H and O–H groups in total. The molecule has 1 aromatic rings. The summed E-state index contributed by atoms with van der Waals surface area (Å²) in [6.07, 6.45) is 1.33. The van der Waals surface area contributed by atoms with Crippen LogP contribution >= 0.6 is 0 Å². The maximum atomic E-state index is 12.7. The Morgan fingerprint density at radius 1 is 1.50 bits per heavy atom. The van der Waals surface area contributed by atoms with E-state index in [-0.39, 0.29) is 11.7 Å². The minimum absolute atomic E-state index is 0.0488. The second-order valence-corrected chi connectivity index (χ2v) is 3.85. The van der Waals surface area contributed by atoms with Gasteiger partial charge in [0.25, 0.3) is 5.91 Å². The second kappa shape index (κ2) is 6.58. The van der Waals surface area contributed by atoms with E-state index in [9.17, 15) is 9.18 Å². The van der Waals surface area contributed by atoms with E-state index < -0.39 is 11.9 Å². The lowest BCUT2D eigenvalue weighted by Crippen LogP contribution is -2.44. The highest BCUT2D eigenvalue weighted by molar-refractivity contribution is 5.98. The summed E-state index contributed by atoms with van der Waals surface area (Å²) in [5, 5.41) is 14.1. The summed E-state index contributed by atoms with van der Waals surface area (Å²) in [7, 11) is 0. The van der Waals surface area contributed by atoms with Gasteiger partial charge in [0.1, 0.15) is 5.82 Å². The topological polar surface area (TPSA) is 87.7 Å². The molecule has 5 nitrogen and oxygen atoms in total. The Hall–Kier alpha value is -2.11. The van der Waals surface area contributed by atoms with E-state index in [1.165, 1.54) is 24.3 Å². The SMILES string of the molecule is CCCC(NC(=O)c1ccc(F)cc1)/C(N)=N/O. The summed E-state index contributed by atoms with van der Waals surface area (Å²) in [5.41, 5.74) is 5.80. The molecular formula is C12H16FN3O2. The Kier molecular flexibility index (Phi) is 5.10. The Labute approximate surface area is 104 Å². The van der Waals surface area contributed by atoms with Crippen LogP contribution in [0.1, 0.15) is 30.1 Å². The number of oxime groups is 1. The first-order valence-corrected chi connectivity index (χ1v) is 5.62. The zero-order valence-corrected chi connectivity index (χ0v) is 10.1. The summed E-state index contributed by atoms with van der Waals surface area (Å²) in [5.74, 6) is -0.847. The lowest BCUT2D eigenvalue weighted by molar-refractivity contribution is 0.0945. The fourth-order valence-electron chi connectivity index (χ4n) is 1.50. The van der Waals surface area contributed by atoms with Gasteiger partial charge >= 0.3 is 0 Å². The fourth-order valence-corrected chi connectivity index (χ4v) is 1.50. The second-order valence-electron chi connectivity index (χ2n) is 3.85. The van der Waals surface area contributed by atoms with Gasteiger partial charge in [0.15, 0.2) is 5.84 Å². The smallest absolute Gasteiger partial charge is 0.251 e. The number of amidine groups is 1. The third-order valence-electron chi connectivity index (χ3n) is 2.46. The number of halogens is 1. The van der Waals surface area contributed by atoms with E-state index >= 15 is 0 Å². The van der Waals surface area contributed by atoms with Gasteiger partial charge in [-0.05, 0) is 30.7 Å². The van der Waals surface area contributed by atoms with Crippen molar-refractivity contribution in [2.75, 3.05) is 0 Å². The first kappa shape index (κ1) is 14.0. The molecule has 1 amide bonds. The van der Waals surface area contributed by atoms with Crippen LogP contribution in [0.3, 0.4) is 0 Å². The van der Waals surface area contributed by atoms with Crippen molar-refractivity contribution in [2.24, 2.45) is 10.9 Å². The maximum absolute atomic E-state index is 12.7. The predicted molar refractivity (Wildman–Crippen MR) is 66.0 cm³/mol. The van der Waals surface area contributed by atoms with Crippen molar-refractivity contribution in [3.63, 3.8) is 0 Å². The number of hydrogen-bond acceptors (Lipinski definition) is 3. The normalized spacial score (nSPS) is 13.1. The van der Waals surface area contributed by atoms with Crippen molar-refractivity contribution >= 4 is 11.7 Å². The van der Waals surface area contributed by atoms with E-state index in [0.29, 0.717) is 12.0 Å². The van der Waals surface area contributed by atoms with Crippen molar-refractivity contribution in [3.05, 3.63) is 35.6 Å². The molecule has 0 fully saturated rings. The summed E-state index contributed by atoms with van der Waals surface area (Å²) in [6.45, 7) is 1.92. The van der Waals surface area contributed by atoms with Crippen molar-refractivity contribution in [1.29, 1.82) is 0 Å². The molecule has 1 rings (SSSR count). The van der Waals surface area contributed by atoms with Crippen LogP contribution in [0.5, 0.6) is 0 Å². The summed E-state index contributed by atoms with van der Waals surface area (Å²) < 4.78 is 12.7. The molecule has 98 valence electrons. The molecule has 1 unspecified atom stereocenters. The molecule has 0 bridgehead atoms. The third-order valence-corrected chi connectivity index (χ3v) is 2.46. The van der Waals surface area contributed by atoms with Gasteiger partial charge < -0.3 is 16.3 Å². The number of rotatable bonds is 5. The van der Waals surface area contributed by atoms with E-state index in [0.717, 1.165) is 6.42 Å². The number of nitrogens with zero attached hydrogens (tertiary/aromatic N) is 1. The Morgan fingerprint density at radius 3 is 2.61 bits per heavy atom. The standard InChI is InChI=1S/C12H16FN3O2/c1-2-3-10(11(14)16-18)15-12(17)8-4-6-9(13)7-5-8/h4-7,10,18H,2-3H2,1H3,(H2,14,16)(H,15,17). The number of nitrogens with one attached hydrogen (secondary N) is 1. The van der Waals surface area contributed by atoms with Gasteiger partial charge in [-0.25, -0.2) is 4.39 Å². The lowest BCUT2D eigenvalue weighted by Gasteiger charge is -2.16. The maximum Gasteiger partial charge on any atom is 0.251 e. The van der Waals surface area contributed by atoms with Crippen molar-refractivity contribution in [3.8, 4) is 0 Å². The minimum atomic E-state index is -0.530. The first-order valence-electron chi connectivity index (χ1n) is 5.62. The molecule has 0 radical (unpaired) electrons. The van der Waals surface area contributed by atoms with Crippen molar-refractivity contribution in [2.45, 2.75) is 25.8 Å². The molecule has 1 aromatic carbocycles. The molecule has 0 heterocycles. The molecular weight excluding hydrogens is 237 g/mol. The monoisotopic (exact) mass is 253 g/mol. The highest BCUT2D eigenvalue weighted by Gasteiger charge is 2.16. The van der Waals surface area contributed by atoms with Crippen LogP contribution in [0.2, 0.25) is 0 Å². The molecule has 6 heteroatoms. The largest absolute Gasteiger partial charge is 0.409 e. The summed E-state index contributed by atoms with van der Waals surface area (Å²) in [4.78, 5) is 11.8. The molecule has 0 aromatic heterocycles. The van der Waals surface area contributed by atoms with Crippen LogP contribution in [-0.4, -0.2) is 23.0 Å². The Bertz CT molecular complexity index is 431. The van der Waals surface area contributed by atoms with Crippen LogP contribution in [0.15, 0.2) is 29.4 Å². The van der Waals surface area contributed by atoms with Crippen molar-refractivity contribution < 1.29 is 14.4 Å². The molecule has 1 atom stereocenters. The number of carbonyl (C=O) groups is 1. The Balaban J connectivity index is 2.75. The fraction of sp³-hybridized carbons (Fsp3) is 0.333. The first-order chi connectivity index (χ1) is 8.58. The van der Waals surface area contributed by atoms with Crippen LogP contribution < -0.4 is 11.1 Å². The van der Waals surface area contributed by atoms with E-state index in [1.54, 1.807) is 0 Å². The minimum Gasteiger partial charge on any atom is -0.409 e. The average Bonchev–Trinajstić information content (AvgIpc) is 2.38. The van der Waals surface area contributed by atoms with Crippen LogP contribution in [0, 0.1) is 5.82 Å². The van der Waals surface area contributed by atoms with Gasteiger partial charge in [-0.1, -0.05) is 18.5 Å².